The van der Waals surface area contributed by atoms with Crippen LogP contribution in [0.5, 0.6) is 0 Å². The standard InChI is InChI=1S/C19H24FN5S/c1-3-15-11-24-18(26-15)12-25-19(21-4-2)22-8-7-13-10-23-17-9-14(20)5-6-16(13)17/h5-6,9-11,23H,3-4,7-8,12H2,1-2H3,(H2,21,22,25). The average molecular weight is 374 g/mol. The van der Waals surface area contributed by atoms with Crippen molar-refractivity contribution in [1.82, 2.24) is 20.6 Å². The van der Waals surface area contributed by atoms with E-state index >= 15 is 0 Å². The molecule has 3 aromatic rings. The second-order valence-corrected chi connectivity index (χ2v) is 7.15. The number of aryl methyl sites for hydroxylation is 1. The van der Waals surface area contributed by atoms with Gasteiger partial charge in [0.2, 0.25) is 0 Å². The maximum absolute atomic E-state index is 13.3. The fraction of sp³-hybridized carbons (Fsp3) is 0.368. The zero-order valence-corrected chi connectivity index (χ0v) is 15.9. The molecule has 0 spiro atoms. The van der Waals surface area contributed by atoms with Crippen molar-refractivity contribution in [3.05, 3.63) is 51.9 Å². The Labute approximate surface area is 156 Å². The van der Waals surface area contributed by atoms with Crippen LogP contribution in [0.3, 0.4) is 0 Å². The lowest BCUT2D eigenvalue weighted by atomic mass is 10.1. The number of benzene rings is 1. The number of halogens is 1. The molecule has 0 amide bonds. The van der Waals surface area contributed by atoms with Crippen molar-refractivity contribution < 1.29 is 4.39 Å². The summed E-state index contributed by atoms with van der Waals surface area (Å²) in [5.74, 6) is 0.561. The second-order valence-electron chi connectivity index (χ2n) is 5.95. The summed E-state index contributed by atoms with van der Waals surface area (Å²) in [6.45, 7) is 6.30. The second kappa shape index (κ2) is 8.80. The maximum Gasteiger partial charge on any atom is 0.191 e. The molecule has 0 saturated heterocycles. The summed E-state index contributed by atoms with van der Waals surface area (Å²) in [5, 5.41) is 8.70. The van der Waals surface area contributed by atoms with E-state index in [0.717, 1.165) is 53.4 Å². The fourth-order valence-electron chi connectivity index (χ4n) is 2.75. The Morgan fingerprint density at radius 1 is 1.31 bits per heavy atom. The number of fused-ring (bicyclic) bond motifs is 1. The van der Waals surface area contributed by atoms with Gasteiger partial charge in [0.1, 0.15) is 10.8 Å². The van der Waals surface area contributed by atoms with Gasteiger partial charge in [-0.05, 0) is 43.5 Å². The fourth-order valence-corrected chi connectivity index (χ4v) is 3.54. The van der Waals surface area contributed by atoms with Crippen LogP contribution in [0.4, 0.5) is 4.39 Å². The van der Waals surface area contributed by atoms with Gasteiger partial charge in [0.25, 0.3) is 0 Å². The van der Waals surface area contributed by atoms with Crippen molar-refractivity contribution in [2.24, 2.45) is 4.99 Å². The molecule has 26 heavy (non-hydrogen) atoms. The van der Waals surface area contributed by atoms with E-state index < -0.39 is 0 Å². The zero-order chi connectivity index (χ0) is 18.4. The third-order valence-corrected chi connectivity index (χ3v) is 5.21. The quantitative estimate of drug-likeness (QED) is 0.438. The minimum Gasteiger partial charge on any atom is -0.361 e. The molecule has 0 saturated carbocycles. The number of hydrogen-bond donors (Lipinski definition) is 3. The number of aromatic nitrogens is 2. The normalized spacial score (nSPS) is 11.9. The van der Waals surface area contributed by atoms with E-state index in [1.807, 2.05) is 25.4 Å². The number of hydrogen-bond acceptors (Lipinski definition) is 3. The number of aromatic amines is 1. The zero-order valence-electron chi connectivity index (χ0n) is 15.1. The third-order valence-electron chi connectivity index (χ3n) is 4.08. The lowest BCUT2D eigenvalue weighted by molar-refractivity contribution is 0.629. The van der Waals surface area contributed by atoms with Crippen LogP contribution < -0.4 is 10.6 Å². The van der Waals surface area contributed by atoms with E-state index in [4.69, 9.17) is 0 Å². The Hall–Kier alpha value is -2.41. The molecule has 0 aliphatic rings. The molecule has 0 fully saturated rings. The van der Waals surface area contributed by atoms with Crippen molar-refractivity contribution in [3.8, 4) is 0 Å². The SMILES string of the molecule is CCNC(=NCc1ncc(CC)s1)NCCc1c[nH]c2cc(F)ccc12. The summed E-state index contributed by atoms with van der Waals surface area (Å²) in [7, 11) is 0. The molecule has 0 unspecified atom stereocenters. The molecule has 0 atom stereocenters. The van der Waals surface area contributed by atoms with Crippen LogP contribution >= 0.6 is 11.3 Å². The van der Waals surface area contributed by atoms with Gasteiger partial charge in [0, 0.05) is 41.3 Å². The molecule has 3 N–H and O–H groups in total. The molecule has 2 heterocycles. The molecule has 0 aliphatic carbocycles. The van der Waals surface area contributed by atoms with E-state index in [-0.39, 0.29) is 5.82 Å². The molecule has 1 aromatic carbocycles. The number of nitrogens with one attached hydrogen (secondary N) is 3. The van der Waals surface area contributed by atoms with Gasteiger partial charge in [-0.1, -0.05) is 6.92 Å². The van der Waals surface area contributed by atoms with Crippen LogP contribution in [-0.2, 0) is 19.4 Å². The third kappa shape index (κ3) is 4.60. The molecule has 7 heteroatoms. The van der Waals surface area contributed by atoms with E-state index in [0.29, 0.717) is 6.54 Å². The smallest absolute Gasteiger partial charge is 0.191 e. The highest BCUT2D eigenvalue weighted by atomic mass is 32.1. The van der Waals surface area contributed by atoms with Gasteiger partial charge in [-0.3, -0.25) is 0 Å². The Kier molecular flexibility index (Phi) is 6.22. The molecule has 0 aliphatic heterocycles. The van der Waals surface area contributed by atoms with E-state index in [9.17, 15) is 4.39 Å². The van der Waals surface area contributed by atoms with Crippen LogP contribution in [0, 0.1) is 5.82 Å². The van der Waals surface area contributed by atoms with Gasteiger partial charge in [-0.25, -0.2) is 14.4 Å². The lowest BCUT2D eigenvalue weighted by Gasteiger charge is -2.10. The number of thiazole rings is 1. The highest BCUT2D eigenvalue weighted by molar-refractivity contribution is 7.11. The summed E-state index contributed by atoms with van der Waals surface area (Å²) in [4.78, 5) is 13.4. The monoisotopic (exact) mass is 373 g/mol. The van der Waals surface area contributed by atoms with Crippen molar-refractivity contribution >= 4 is 28.2 Å². The molecular formula is C19H24FN5S. The molecule has 0 radical (unpaired) electrons. The molecule has 0 bridgehead atoms. The van der Waals surface area contributed by atoms with Crippen molar-refractivity contribution in [1.29, 1.82) is 0 Å². The molecule has 2 aromatic heterocycles. The van der Waals surface area contributed by atoms with Gasteiger partial charge < -0.3 is 15.6 Å². The first kappa shape index (κ1) is 18.4. The first-order valence-corrected chi connectivity index (χ1v) is 9.72. The van der Waals surface area contributed by atoms with Crippen molar-refractivity contribution in [3.63, 3.8) is 0 Å². The minimum atomic E-state index is -0.223. The first-order valence-electron chi connectivity index (χ1n) is 8.90. The molecule has 3 rings (SSSR count). The predicted octanol–water partition coefficient (Wildman–Crippen LogP) is 3.62. The van der Waals surface area contributed by atoms with Gasteiger partial charge in [0.05, 0.1) is 6.54 Å². The lowest BCUT2D eigenvalue weighted by Crippen LogP contribution is -2.38. The Morgan fingerprint density at radius 2 is 2.19 bits per heavy atom. The maximum atomic E-state index is 13.3. The van der Waals surface area contributed by atoms with Gasteiger partial charge in [0.15, 0.2) is 5.96 Å². The minimum absolute atomic E-state index is 0.223. The van der Waals surface area contributed by atoms with Crippen LogP contribution in [0.1, 0.15) is 29.3 Å². The number of rotatable bonds is 7. The van der Waals surface area contributed by atoms with E-state index in [2.05, 4.69) is 32.5 Å². The first-order chi connectivity index (χ1) is 12.7. The number of H-pyrrole nitrogens is 1. The summed E-state index contributed by atoms with van der Waals surface area (Å²) >= 11 is 1.71. The van der Waals surface area contributed by atoms with Crippen LogP contribution in [0.25, 0.3) is 10.9 Å². The van der Waals surface area contributed by atoms with Gasteiger partial charge in [-0.15, -0.1) is 11.3 Å². The number of guanidine groups is 1. The summed E-state index contributed by atoms with van der Waals surface area (Å²) in [6, 6.07) is 4.84. The van der Waals surface area contributed by atoms with Gasteiger partial charge in [-0.2, -0.15) is 0 Å². The summed E-state index contributed by atoms with van der Waals surface area (Å²) < 4.78 is 13.3. The highest BCUT2D eigenvalue weighted by Gasteiger charge is 2.06. The molecule has 138 valence electrons. The van der Waals surface area contributed by atoms with Crippen LogP contribution in [0.2, 0.25) is 0 Å². The van der Waals surface area contributed by atoms with Crippen molar-refractivity contribution in [2.75, 3.05) is 13.1 Å². The summed E-state index contributed by atoms with van der Waals surface area (Å²) in [6.07, 6.45) is 5.70. The van der Waals surface area contributed by atoms with E-state index in [1.54, 1.807) is 11.3 Å². The van der Waals surface area contributed by atoms with Crippen LogP contribution in [-0.4, -0.2) is 29.0 Å². The topological polar surface area (TPSA) is 65.1 Å². The largest absolute Gasteiger partial charge is 0.361 e. The Balaban J connectivity index is 1.58. The predicted molar refractivity (Wildman–Crippen MR) is 106 cm³/mol. The highest BCUT2D eigenvalue weighted by Crippen LogP contribution is 2.19. The number of nitrogens with zero attached hydrogens (tertiary/aromatic N) is 2. The molecule has 5 nitrogen and oxygen atoms in total. The molecular weight excluding hydrogens is 349 g/mol. The van der Waals surface area contributed by atoms with Gasteiger partial charge >= 0.3 is 0 Å². The average Bonchev–Trinajstić information content (AvgIpc) is 3.26. The number of aliphatic imine (C=N–C) groups is 1. The van der Waals surface area contributed by atoms with Crippen molar-refractivity contribution in [2.45, 2.75) is 33.2 Å². The van der Waals surface area contributed by atoms with Crippen LogP contribution in [0.15, 0.2) is 35.6 Å². The Morgan fingerprint density at radius 3 is 2.96 bits per heavy atom. The van der Waals surface area contributed by atoms with E-state index in [1.165, 1.54) is 17.0 Å². The summed E-state index contributed by atoms with van der Waals surface area (Å²) in [5.41, 5.74) is 1.99. The Bertz CT molecular complexity index is 883.